The number of aryl methyl sites for hydroxylation is 2. The number of hydrogen-bond donors (Lipinski definition) is 1. The summed E-state index contributed by atoms with van der Waals surface area (Å²) >= 11 is 0. The Morgan fingerprint density at radius 1 is 1.10 bits per heavy atom. The highest BCUT2D eigenvalue weighted by molar-refractivity contribution is 5.39. The molecule has 4 heteroatoms. The van der Waals surface area contributed by atoms with Crippen LogP contribution in [0.3, 0.4) is 0 Å². The largest absolute Gasteiger partial charge is 0.377 e. The minimum absolute atomic E-state index is 0.646. The molecule has 4 nitrogen and oxygen atoms in total. The van der Waals surface area contributed by atoms with Crippen LogP contribution in [0.25, 0.3) is 0 Å². The van der Waals surface area contributed by atoms with Gasteiger partial charge in [0.05, 0.1) is 12.3 Å². The van der Waals surface area contributed by atoms with Crippen LogP contribution in [0, 0.1) is 13.8 Å². The number of nitrogens with zero attached hydrogens (tertiary/aromatic N) is 2. The molecule has 20 heavy (non-hydrogen) atoms. The van der Waals surface area contributed by atoms with E-state index in [2.05, 4.69) is 27.6 Å². The first-order chi connectivity index (χ1) is 9.70. The summed E-state index contributed by atoms with van der Waals surface area (Å²) in [6.07, 6.45) is 0. The summed E-state index contributed by atoms with van der Waals surface area (Å²) in [5.74, 6) is 0.805. The molecule has 0 spiro atoms. The highest BCUT2D eigenvalue weighted by Crippen LogP contribution is 2.13. The van der Waals surface area contributed by atoms with Crippen LogP contribution in [0.1, 0.15) is 29.3 Å². The molecule has 0 atom stereocenters. The van der Waals surface area contributed by atoms with Crippen molar-refractivity contribution in [2.75, 3.05) is 11.9 Å². The first-order valence-corrected chi connectivity index (χ1v) is 6.90. The average Bonchev–Trinajstić information content (AvgIpc) is 2.47. The highest BCUT2D eigenvalue weighted by atomic mass is 16.5. The molecule has 1 aromatic carbocycles. The van der Waals surface area contributed by atoms with E-state index in [9.17, 15) is 0 Å². The third-order valence-corrected chi connectivity index (χ3v) is 3.27. The normalized spacial score (nSPS) is 10.6. The van der Waals surface area contributed by atoms with Gasteiger partial charge in [-0.2, -0.15) is 5.10 Å². The van der Waals surface area contributed by atoms with Crippen molar-refractivity contribution in [3.8, 4) is 0 Å². The summed E-state index contributed by atoms with van der Waals surface area (Å²) in [7, 11) is 0. The minimum Gasteiger partial charge on any atom is -0.377 e. The first-order valence-electron chi connectivity index (χ1n) is 6.90. The Labute approximate surface area is 120 Å². The summed E-state index contributed by atoms with van der Waals surface area (Å²) in [5.41, 5.74) is 4.54. The van der Waals surface area contributed by atoms with Crippen molar-refractivity contribution in [1.82, 2.24) is 10.2 Å². The number of aromatic nitrogens is 2. The Bertz CT molecular complexity index is 569. The minimum atomic E-state index is 0.646. The number of benzene rings is 1. The molecule has 2 aromatic rings. The molecule has 0 amide bonds. The smallest absolute Gasteiger partial charge is 0.149 e. The van der Waals surface area contributed by atoms with Crippen LogP contribution in [-0.4, -0.2) is 16.8 Å². The van der Waals surface area contributed by atoms with Crippen LogP contribution in [0.4, 0.5) is 5.82 Å². The monoisotopic (exact) mass is 271 g/mol. The van der Waals surface area contributed by atoms with Gasteiger partial charge in [-0.3, -0.25) is 0 Å². The molecule has 1 heterocycles. The van der Waals surface area contributed by atoms with Crippen molar-refractivity contribution in [3.63, 3.8) is 0 Å². The van der Waals surface area contributed by atoms with Crippen molar-refractivity contribution >= 4 is 5.82 Å². The van der Waals surface area contributed by atoms with Crippen LogP contribution in [-0.2, 0) is 17.9 Å². The van der Waals surface area contributed by atoms with Crippen LogP contribution >= 0.6 is 0 Å². The van der Waals surface area contributed by atoms with Gasteiger partial charge in [0.25, 0.3) is 0 Å². The van der Waals surface area contributed by atoms with Gasteiger partial charge in [0, 0.05) is 13.2 Å². The molecule has 0 bridgehead atoms. The van der Waals surface area contributed by atoms with Crippen molar-refractivity contribution in [1.29, 1.82) is 0 Å². The average molecular weight is 271 g/mol. The van der Waals surface area contributed by atoms with Crippen LogP contribution in [0.5, 0.6) is 0 Å². The number of hydrogen-bond acceptors (Lipinski definition) is 4. The highest BCUT2D eigenvalue weighted by Gasteiger charge is 2.03. The topological polar surface area (TPSA) is 47.0 Å². The molecular formula is C16H21N3O. The molecule has 0 aliphatic carbocycles. The van der Waals surface area contributed by atoms with E-state index in [-0.39, 0.29) is 0 Å². The molecule has 1 aromatic heterocycles. The quantitative estimate of drug-likeness (QED) is 0.876. The lowest BCUT2D eigenvalue weighted by Gasteiger charge is -2.11. The van der Waals surface area contributed by atoms with Gasteiger partial charge < -0.3 is 10.1 Å². The van der Waals surface area contributed by atoms with Crippen LogP contribution < -0.4 is 5.32 Å². The zero-order valence-electron chi connectivity index (χ0n) is 12.3. The molecule has 1 N–H and O–H groups in total. The van der Waals surface area contributed by atoms with Crippen molar-refractivity contribution in [3.05, 3.63) is 52.7 Å². The van der Waals surface area contributed by atoms with Gasteiger partial charge >= 0.3 is 0 Å². The summed E-state index contributed by atoms with van der Waals surface area (Å²) in [4.78, 5) is 0. The maximum Gasteiger partial charge on any atom is 0.149 e. The van der Waals surface area contributed by atoms with Gasteiger partial charge in [0.2, 0.25) is 0 Å². The van der Waals surface area contributed by atoms with E-state index >= 15 is 0 Å². The fraction of sp³-hybridized carbons (Fsp3) is 0.375. The van der Waals surface area contributed by atoms with Crippen molar-refractivity contribution < 1.29 is 4.74 Å². The lowest BCUT2D eigenvalue weighted by molar-refractivity contribution is 0.133. The fourth-order valence-electron chi connectivity index (χ4n) is 1.90. The molecular weight excluding hydrogens is 250 g/mol. The number of anilines is 1. The lowest BCUT2D eigenvalue weighted by Crippen LogP contribution is -2.06. The Balaban J connectivity index is 2.04. The Morgan fingerprint density at radius 2 is 1.85 bits per heavy atom. The van der Waals surface area contributed by atoms with E-state index in [0.717, 1.165) is 30.2 Å². The van der Waals surface area contributed by atoms with Gasteiger partial charge in [-0.15, -0.1) is 5.10 Å². The summed E-state index contributed by atoms with van der Waals surface area (Å²) in [5, 5.41) is 11.6. The molecule has 0 aliphatic heterocycles. The maximum atomic E-state index is 5.49. The third-order valence-electron chi connectivity index (χ3n) is 3.27. The first kappa shape index (κ1) is 14.5. The van der Waals surface area contributed by atoms with E-state index in [0.29, 0.717) is 6.61 Å². The predicted molar refractivity (Wildman–Crippen MR) is 80.6 cm³/mol. The SMILES string of the molecule is CCOCc1ccccc1CNc1cc(C)c(C)nn1. The van der Waals surface area contributed by atoms with E-state index < -0.39 is 0 Å². The van der Waals surface area contributed by atoms with E-state index in [4.69, 9.17) is 4.74 Å². The Hall–Kier alpha value is -1.94. The molecule has 2 rings (SSSR count). The Morgan fingerprint density at radius 3 is 2.55 bits per heavy atom. The molecule has 0 fully saturated rings. The van der Waals surface area contributed by atoms with Gasteiger partial charge in [0.15, 0.2) is 0 Å². The Kier molecular flexibility index (Phi) is 5.07. The van der Waals surface area contributed by atoms with Crippen LogP contribution in [0.2, 0.25) is 0 Å². The second-order valence-electron chi connectivity index (χ2n) is 4.76. The lowest BCUT2D eigenvalue weighted by atomic mass is 10.1. The van der Waals surface area contributed by atoms with Gasteiger partial charge in [0.1, 0.15) is 5.82 Å². The van der Waals surface area contributed by atoms with Gasteiger partial charge in [-0.1, -0.05) is 24.3 Å². The van der Waals surface area contributed by atoms with Gasteiger partial charge in [-0.25, -0.2) is 0 Å². The van der Waals surface area contributed by atoms with E-state index in [1.807, 2.05) is 39.0 Å². The van der Waals surface area contributed by atoms with Crippen LogP contribution in [0.15, 0.2) is 30.3 Å². The maximum absolute atomic E-state index is 5.49. The number of rotatable bonds is 6. The summed E-state index contributed by atoms with van der Waals surface area (Å²) in [6.45, 7) is 8.10. The molecule has 0 saturated heterocycles. The molecule has 0 aliphatic rings. The second kappa shape index (κ2) is 7.01. The predicted octanol–water partition coefficient (Wildman–Crippen LogP) is 3.24. The van der Waals surface area contributed by atoms with Crippen molar-refractivity contribution in [2.24, 2.45) is 0 Å². The molecule has 0 saturated carbocycles. The fourth-order valence-corrected chi connectivity index (χ4v) is 1.90. The zero-order valence-corrected chi connectivity index (χ0v) is 12.3. The summed E-state index contributed by atoms with van der Waals surface area (Å²) < 4.78 is 5.49. The van der Waals surface area contributed by atoms with E-state index in [1.54, 1.807) is 0 Å². The molecule has 106 valence electrons. The molecule has 0 unspecified atom stereocenters. The second-order valence-corrected chi connectivity index (χ2v) is 4.76. The number of nitrogens with one attached hydrogen (secondary N) is 1. The summed E-state index contributed by atoms with van der Waals surface area (Å²) in [6, 6.07) is 10.3. The number of ether oxygens (including phenoxy) is 1. The zero-order chi connectivity index (χ0) is 14.4. The van der Waals surface area contributed by atoms with E-state index in [1.165, 1.54) is 11.1 Å². The molecule has 0 radical (unpaired) electrons. The third kappa shape index (κ3) is 3.78. The van der Waals surface area contributed by atoms with Gasteiger partial charge in [-0.05, 0) is 43.5 Å². The van der Waals surface area contributed by atoms with Crippen molar-refractivity contribution in [2.45, 2.75) is 33.9 Å². The standard InChI is InChI=1S/C16H21N3O/c1-4-20-11-15-8-6-5-7-14(15)10-17-16-9-12(2)13(3)18-19-16/h5-9H,4,10-11H2,1-3H3,(H,17,19).